The van der Waals surface area contributed by atoms with E-state index in [4.69, 9.17) is 4.74 Å². The van der Waals surface area contributed by atoms with Crippen molar-refractivity contribution in [2.75, 3.05) is 12.4 Å². The van der Waals surface area contributed by atoms with Gasteiger partial charge in [0.15, 0.2) is 0 Å². The van der Waals surface area contributed by atoms with E-state index in [0.717, 1.165) is 23.4 Å². The molecule has 1 aromatic heterocycles. The Morgan fingerprint density at radius 1 is 1.20 bits per heavy atom. The van der Waals surface area contributed by atoms with Crippen LogP contribution in [-0.4, -0.2) is 18.1 Å². The predicted octanol–water partition coefficient (Wildman–Crippen LogP) is 3.84. The van der Waals surface area contributed by atoms with Crippen molar-refractivity contribution < 1.29 is 4.74 Å². The largest absolute Gasteiger partial charge is 0.497 e. The highest BCUT2D eigenvalue weighted by Gasteiger charge is 2.39. The van der Waals surface area contributed by atoms with E-state index in [1.54, 1.807) is 7.11 Å². The molecule has 2 aliphatic carbocycles. The number of benzene rings is 1. The van der Waals surface area contributed by atoms with Gasteiger partial charge >= 0.3 is 0 Å². The Morgan fingerprint density at radius 2 is 2.15 bits per heavy atom. The van der Waals surface area contributed by atoms with Crippen LogP contribution in [-0.2, 0) is 0 Å². The third kappa shape index (κ3) is 1.92. The Bertz CT molecular complexity index is 640. The molecule has 1 N–H and O–H groups in total. The first-order chi connectivity index (χ1) is 9.83. The van der Waals surface area contributed by atoms with Crippen molar-refractivity contribution >= 4 is 16.6 Å². The summed E-state index contributed by atoms with van der Waals surface area (Å²) in [6, 6.07) is 8.86. The van der Waals surface area contributed by atoms with Crippen molar-refractivity contribution in [3.63, 3.8) is 0 Å². The highest BCUT2D eigenvalue weighted by Crippen LogP contribution is 2.45. The van der Waals surface area contributed by atoms with E-state index in [1.807, 2.05) is 18.3 Å². The lowest BCUT2D eigenvalue weighted by Gasteiger charge is -2.24. The van der Waals surface area contributed by atoms with Gasteiger partial charge in [-0.25, -0.2) is 4.98 Å². The van der Waals surface area contributed by atoms with Crippen molar-refractivity contribution in [1.29, 1.82) is 0 Å². The first-order valence-electron chi connectivity index (χ1n) is 7.53. The quantitative estimate of drug-likeness (QED) is 0.918. The topological polar surface area (TPSA) is 34.1 Å². The maximum absolute atomic E-state index is 5.30. The lowest BCUT2D eigenvalue weighted by Crippen LogP contribution is -2.26. The molecule has 0 aliphatic heterocycles. The summed E-state index contributed by atoms with van der Waals surface area (Å²) >= 11 is 0. The zero-order valence-electron chi connectivity index (χ0n) is 11.8. The molecule has 0 amide bonds. The van der Waals surface area contributed by atoms with Crippen LogP contribution in [0.5, 0.6) is 5.75 Å². The number of ether oxygens (including phenoxy) is 1. The zero-order valence-corrected chi connectivity index (χ0v) is 11.8. The lowest BCUT2D eigenvalue weighted by molar-refractivity contribution is 0.415. The Kier molecular flexibility index (Phi) is 2.79. The minimum Gasteiger partial charge on any atom is -0.497 e. The number of anilines is 1. The average Bonchev–Trinajstić information content (AvgIpc) is 3.09. The summed E-state index contributed by atoms with van der Waals surface area (Å²) in [5, 5.41) is 6.08. The van der Waals surface area contributed by atoms with Gasteiger partial charge in [0.1, 0.15) is 11.6 Å². The van der Waals surface area contributed by atoms with Crippen LogP contribution in [0.2, 0.25) is 0 Å². The highest BCUT2D eigenvalue weighted by atomic mass is 16.5. The van der Waals surface area contributed by atoms with Crippen LogP contribution in [0.1, 0.15) is 25.7 Å². The van der Waals surface area contributed by atoms with Crippen molar-refractivity contribution in [2.24, 2.45) is 11.8 Å². The number of rotatable bonds is 3. The Balaban J connectivity index is 1.66. The SMILES string of the molecule is COc1ccc2c(NC3CC4CCC3C4)nccc2c1. The molecule has 1 aromatic carbocycles. The maximum atomic E-state index is 5.30. The molecule has 3 nitrogen and oxygen atoms in total. The molecular formula is C17H20N2O. The van der Waals surface area contributed by atoms with E-state index in [2.05, 4.69) is 22.4 Å². The Labute approximate surface area is 119 Å². The monoisotopic (exact) mass is 268 g/mol. The Hall–Kier alpha value is -1.77. The molecule has 3 heteroatoms. The Morgan fingerprint density at radius 3 is 2.90 bits per heavy atom. The van der Waals surface area contributed by atoms with Gasteiger partial charge < -0.3 is 10.1 Å². The molecule has 2 aliphatic rings. The normalized spacial score (nSPS) is 27.9. The van der Waals surface area contributed by atoms with E-state index in [1.165, 1.54) is 36.5 Å². The lowest BCUT2D eigenvalue weighted by atomic mass is 9.95. The van der Waals surface area contributed by atoms with E-state index in [0.29, 0.717) is 6.04 Å². The highest BCUT2D eigenvalue weighted by molar-refractivity contribution is 5.92. The summed E-state index contributed by atoms with van der Waals surface area (Å²) in [7, 11) is 1.71. The van der Waals surface area contributed by atoms with Gasteiger partial charge in [-0.1, -0.05) is 6.42 Å². The fourth-order valence-electron chi connectivity index (χ4n) is 4.00. The van der Waals surface area contributed by atoms with Crippen LogP contribution in [0.15, 0.2) is 30.5 Å². The summed E-state index contributed by atoms with van der Waals surface area (Å²) in [5.74, 6) is 3.74. The number of fused-ring (bicyclic) bond motifs is 3. The summed E-state index contributed by atoms with van der Waals surface area (Å²) < 4.78 is 5.30. The summed E-state index contributed by atoms with van der Waals surface area (Å²) in [5.41, 5.74) is 0. The molecule has 2 fully saturated rings. The van der Waals surface area contributed by atoms with Gasteiger partial charge in [-0.15, -0.1) is 0 Å². The van der Waals surface area contributed by atoms with Crippen molar-refractivity contribution in [3.8, 4) is 5.75 Å². The molecule has 2 saturated carbocycles. The number of nitrogens with zero attached hydrogens (tertiary/aromatic N) is 1. The van der Waals surface area contributed by atoms with E-state index < -0.39 is 0 Å². The third-order valence-electron chi connectivity index (χ3n) is 5.03. The van der Waals surface area contributed by atoms with Crippen LogP contribution in [0, 0.1) is 11.8 Å². The van der Waals surface area contributed by atoms with Crippen LogP contribution in [0.4, 0.5) is 5.82 Å². The fraction of sp³-hybridized carbons (Fsp3) is 0.471. The second-order valence-electron chi connectivity index (χ2n) is 6.17. The van der Waals surface area contributed by atoms with Crippen molar-refractivity contribution in [1.82, 2.24) is 4.98 Å². The first-order valence-corrected chi connectivity index (χ1v) is 7.53. The van der Waals surface area contributed by atoms with Crippen molar-refractivity contribution in [3.05, 3.63) is 30.5 Å². The molecule has 0 saturated heterocycles. The summed E-state index contributed by atoms with van der Waals surface area (Å²) in [6.45, 7) is 0. The molecule has 2 bridgehead atoms. The average molecular weight is 268 g/mol. The number of hydrogen-bond acceptors (Lipinski definition) is 3. The van der Waals surface area contributed by atoms with Gasteiger partial charge in [-0.3, -0.25) is 0 Å². The van der Waals surface area contributed by atoms with Crippen LogP contribution in [0.3, 0.4) is 0 Å². The van der Waals surface area contributed by atoms with Crippen molar-refractivity contribution in [2.45, 2.75) is 31.7 Å². The van der Waals surface area contributed by atoms with E-state index in [9.17, 15) is 0 Å². The van der Waals surface area contributed by atoms with Gasteiger partial charge in [0, 0.05) is 17.6 Å². The number of hydrogen-bond donors (Lipinski definition) is 1. The second kappa shape index (κ2) is 4.65. The molecule has 20 heavy (non-hydrogen) atoms. The van der Waals surface area contributed by atoms with Gasteiger partial charge in [-0.05, 0) is 60.7 Å². The van der Waals surface area contributed by atoms with Crippen LogP contribution in [0.25, 0.3) is 10.8 Å². The van der Waals surface area contributed by atoms with Gasteiger partial charge in [-0.2, -0.15) is 0 Å². The molecule has 1 heterocycles. The number of methoxy groups -OCH3 is 1. The van der Waals surface area contributed by atoms with E-state index >= 15 is 0 Å². The molecule has 3 atom stereocenters. The number of nitrogens with one attached hydrogen (secondary N) is 1. The molecule has 4 rings (SSSR count). The molecule has 0 spiro atoms. The molecule has 104 valence electrons. The zero-order chi connectivity index (χ0) is 13.5. The van der Waals surface area contributed by atoms with Crippen LogP contribution < -0.4 is 10.1 Å². The smallest absolute Gasteiger partial charge is 0.134 e. The maximum Gasteiger partial charge on any atom is 0.134 e. The second-order valence-corrected chi connectivity index (χ2v) is 6.17. The molecule has 0 radical (unpaired) electrons. The predicted molar refractivity (Wildman–Crippen MR) is 81.2 cm³/mol. The van der Waals surface area contributed by atoms with Crippen LogP contribution >= 0.6 is 0 Å². The summed E-state index contributed by atoms with van der Waals surface area (Å²) in [4.78, 5) is 4.56. The fourth-order valence-corrected chi connectivity index (χ4v) is 4.00. The van der Waals surface area contributed by atoms with Gasteiger partial charge in [0.05, 0.1) is 7.11 Å². The minimum atomic E-state index is 0.619. The summed E-state index contributed by atoms with van der Waals surface area (Å²) in [6.07, 6.45) is 7.44. The van der Waals surface area contributed by atoms with Gasteiger partial charge in [0.25, 0.3) is 0 Å². The number of pyridine rings is 1. The molecule has 2 aromatic rings. The standard InChI is InChI=1S/C17H20N2O/c1-20-14-4-5-15-12(10-14)6-7-18-17(15)19-16-9-11-2-3-13(16)8-11/h4-7,10-11,13,16H,2-3,8-9H2,1H3,(H,18,19). The third-order valence-corrected chi connectivity index (χ3v) is 5.03. The molecular weight excluding hydrogens is 248 g/mol. The molecule has 3 unspecified atom stereocenters. The minimum absolute atomic E-state index is 0.619. The van der Waals surface area contributed by atoms with E-state index in [-0.39, 0.29) is 0 Å². The number of aromatic nitrogens is 1. The first kappa shape index (κ1) is 12.0. The van der Waals surface area contributed by atoms with Gasteiger partial charge in [0.2, 0.25) is 0 Å².